The molecule has 1 aromatic heterocycles. The van der Waals surface area contributed by atoms with Crippen molar-refractivity contribution in [1.82, 2.24) is 4.98 Å². The number of nitrogen functional groups attached to an aromatic ring is 1. The Morgan fingerprint density at radius 1 is 1.00 bits per heavy atom. The normalized spacial score (nSPS) is 15.1. The van der Waals surface area contributed by atoms with Gasteiger partial charge in [0.15, 0.2) is 0 Å². The Hall–Kier alpha value is -2.43. The first-order valence-corrected chi connectivity index (χ1v) is 7.12. The summed E-state index contributed by atoms with van der Waals surface area (Å²) in [7, 11) is 1.72. The lowest BCUT2D eigenvalue weighted by Gasteiger charge is -2.37. The third-order valence-corrected chi connectivity index (χ3v) is 3.80. The van der Waals surface area contributed by atoms with Gasteiger partial charge in [-0.05, 0) is 24.3 Å². The van der Waals surface area contributed by atoms with Crippen LogP contribution in [0.1, 0.15) is 0 Å². The molecule has 110 valence electrons. The number of aromatic nitrogens is 1. The number of piperazine rings is 1. The predicted molar refractivity (Wildman–Crippen MR) is 86.1 cm³/mol. The van der Waals surface area contributed by atoms with Crippen LogP contribution in [-0.2, 0) is 0 Å². The van der Waals surface area contributed by atoms with E-state index in [4.69, 9.17) is 10.5 Å². The lowest BCUT2D eigenvalue weighted by atomic mass is 10.2. The molecule has 5 nitrogen and oxygen atoms in total. The van der Waals surface area contributed by atoms with Crippen LogP contribution in [0.4, 0.5) is 17.2 Å². The minimum absolute atomic E-state index is 0.700. The summed E-state index contributed by atoms with van der Waals surface area (Å²) in [6.07, 6.45) is 1.71. The molecule has 1 aliphatic rings. The van der Waals surface area contributed by atoms with Gasteiger partial charge in [0, 0.05) is 26.2 Å². The van der Waals surface area contributed by atoms with Gasteiger partial charge in [0.25, 0.3) is 0 Å². The van der Waals surface area contributed by atoms with Crippen LogP contribution in [0.5, 0.6) is 5.75 Å². The fourth-order valence-electron chi connectivity index (χ4n) is 2.65. The molecule has 0 amide bonds. The van der Waals surface area contributed by atoms with Crippen molar-refractivity contribution >= 4 is 17.2 Å². The lowest BCUT2D eigenvalue weighted by Crippen LogP contribution is -2.46. The number of ether oxygens (including phenoxy) is 1. The van der Waals surface area contributed by atoms with Gasteiger partial charge in [-0.2, -0.15) is 0 Å². The predicted octanol–water partition coefficient (Wildman–Crippen LogP) is 2.00. The molecule has 1 saturated heterocycles. The summed E-state index contributed by atoms with van der Waals surface area (Å²) >= 11 is 0. The van der Waals surface area contributed by atoms with E-state index in [-0.39, 0.29) is 0 Å². The van der Waals surface area contributed by atoms with E-state index in [0.29, 0.717) is 5.69 Å². The van der Waals surface area contributed by atoms with Crippen LogP contribution in [0.25, 0.3) is 0 Å². The van der Waals surface area contributed by atoms with Crippen molar-refractivity contribution in [3.63, 3.8) is 0 Å². The van der Waals surface area contributed by atoms with Crippen LogP contribution in [0.2, 0.25) is 0 Å². The molecular formula is C16H20N4O. The molecule has 2 aromatic rings. The van der Waals surface area contributed by atoms with Crippen molar-refractivity contribution in [1.29, 1.82) is 0 Å². The van der Waals surface area contributed by atoms with E-state index < -0.39 is 0 Å². The van der Waals surface area contributed by atoms with Gasteiger partial charge in [0.05, 0.1) is 24.7 Å². The summed E-state index contributed by atoms with van der Waals surface area (Å²) in [4.78, 5) is 9.03. The average molecular weight is 284 g/mol. The van der Waals surface area contributed by atoms with E-state index in [1.54, 1.807) is 13.3 Å². The monoisotopic (exact) mass is 284 g/mol. The highest BCUT2D eigenvalue weighted by atomic mass is 16.5. The zero-order valence-corrected chi connectivity index (χ0v) is 12.2. The first-order chi connectivity index (χ1) is 10.3. The molecule has 0 aliphatic carbocycles. The standard InChI is InChI=1S/C16H20N4O/c1-21-15-5-3-2-4-14(15)19-8-10-20(11-9-19)16-7-6-13(17)12-18-16/h2-7,12H,8-11,17H2,1H3. The van der Waals surface area contributed by atoms with Crippen LogP contribution >= 0.6 is 0 Å². The minimum atomic E-state index is 0.700. The molecule has 2 N–H and O–H groups in total. The highest BCUT2D eigenvalue weighted by molar-refractivity contribution is 5.59. The number of benzene rings is 1. The van der Waals surface area contributed by atoms with Gasteiger partial charge < -0.3 is 20.3 Å². The molecule has 0 saturated carbocycles. The Morgan fingerprint density at radius 3 is 2.38 bits per heavy atom. The fourth-order valence-corrected chi connectivity index (χ4v) is 2.65. The van der Waals surface area contributed by atoms with E-state index in [0.717, 1.165) is 43.4 Å². The van der Waals surface area contributed by atoms with Gasteiger partial charge in [-0.15, -0.1) is 0 Å². The van der Waals surface area contributed by atoms with Crippen molar-refractivity contribution in [3.05, 3.63) is 42.6 Å². The van der Waals surface area contributed by atoms with E-state index in [1.165, 1.54) is 0 Å². The number of hydrogen-bond acceptors (Lipinski definition) is 5. The van der Waals surface area contributed by atoms with E-state index in [9.17, 15) is 0 Å². The highest BCUT2D eigenvalue weighted by Crippen LogP contribution is 2.28. The maximum atomic E-state index is 5.68. The second-order valence-corrected chi connectivity index (χ2v) is 5.10. The van der Waals surface area contributed by atoms with Crippen molar-refractivity contribution in [2.45, 2.75) is 0 Å². The number of nitrogens with two attached hydrogens (primary N) is 1. The molecule has 0 radical (unpaired) electrons. The van der Waals surface area contributed by atoms with Crippen molar-refractivity contribution in [3.8, 4) is 5.75 Å². The molecule has 21 heavy (non-hydrogen) atoms. The van der Waals surface area contributed by atoms with Gasteiger partial charge in [-0.3, -0.25) is 0 Å². The number of methoxy groups -OCH3 is 1. The van der Waals surface area contributed by atoms with E-state index in [1.807, 2.05) is 30.3 Å². The summed E-state index contributed by atoms with van der Waals surface area (Å²) in [6.45, 7) is 3.78. The topological polar surface area (TPSA) is 54.6 Å². The van der Waals surface area contributed by atoms with Crippen LogP contribution in [-0.4, -0.2) is 38.3 Å². The highest BCUT2D eigenvalue weighted by Gasteiger charge is 2.20. The molecular weight excluding hydrogens is 264 g/mol. The molecule has 1 fully saturated rings. The fraction of sp³-hybridized carbons (Fsp3) is 0.312. The third kappa shape index (κ3) is 2.86. The number of nitrogens with zero attached hydrogens (tertiary/aromatic N) is 3. The van der Waals surface area contributed by atoms with Crippen LogP contribution < -0.4 is 20.3 Å². The smallest absolute Gasteiger partial charge is 0.142 e. The molecule has 1 aliphatic heterocycles. The Labute approximate surface area is 125 Å². The summed E-state index contributed by atoms with van der Waals surface area (Å²) < 4.78 is 5.44. The average Bonchev–Trinajstić information content (AvgIpc) is 2.56. The Kier molecular flexibility index (Phi) is 3.81. The second-order valence-electron chi connectivity index (χ2n) is 5.10. The summed E-state index contributed by atoms with van der Waals surface area (Å²) in [5, 5.41) is 0. The maximum Gasteiger partial charge on any atom is 0.142 e. The number of rotatable bonds is 3. The maximum absolute atomic E-state index is 5.68. The van der Waals surface area contributed by atoms with Gasteiger partial charge in [-0.25, -0.2) is 4.98 Å². The Balaban J connectivity index is 1.69. The van der Waals surface area contributed by atoms with Crippen LogP contribution in [0, 0.1) is 0 Å². The second kappa shape index (κ2) is 5.91. The summed E-state index contributed by atoms with van der Waals surface area (Å²) in [5.74, 6) is 1.92. The number of para-hydroxylation sites is 2. The van der Waals surface area contributed by atoms with Crippen molar-refractivity contribution in [2.24, 2.45) is 0 Å². The molecule has 0 spiro atoms. The van der Waals surface area contributed by atoms with Gasteiger partial charge in [0.1, 0.15) is 11.6 Å². The molecule has 0 unspecified atom stereocenters. The number of pyridine rings is 1. The SMILES string of the molecule is COc1ccccc1N1CCN(c2ccc(N)cn2)CC1. The Bertz CT molecular complexity index is 591. The van der Waals surface area contributed by atoms with Gasteiger partial charge >= 0.3 is 0 Å². The van der Waals surface area contributed by atoms with Crippen molar-refractivity contribution < 1.29 is 4.74 Å². The van der Waals surface area contributed by atoms with Gasteiger partial charge in [-0.1, -0.05) is 12.1 Å². The van der Waals surface area contributed by atoms with E-state index in [2.05, 4.69) is 20.9 Å². The van der Waals surface area contributed by atoms with Gasteiger partial charge in [0.2, 0.25) is 0 Å². The molecule has 1 aromatic carbocycles. The van der Waals surface area contributed by atoms with E-state index >= 15 is 0 Å². The quantitative estimate of drug-likeness (QED) is 0.934. The lowest BCUT2D eigenvalue weighted by molar-refractivity contribution is 0.413. The Morgan fingerprint density at radius 2 is 1.71 bits per heavy atom. The summed E-state index contributed by atoms with van der Waals surface area (Å²) in [6, 6.07) is 12.0. The van der Waals surface area contributed by atoms with Crippen LogP contribution in [0.15, 0.2) is 42.6 Å². The van der Waals surface area contributed by atoms with Crippen molar-refractivity contribution in [2.75, 3.05) is 48.8 Å². The molecule has 5 heteroatoms. The molecule has 3 rings (SSSR count). The third-order valence-electron chi connectivity index (χ3n) is 3.80. The summed E-state index contributed by atoms with van der Waals surface area (Å²) in [5.41, 5.74) is 7.54. The zero-order chi connectivity index (χ0) is 14.7. The number of hydrogen-bond donors (Lipinski definition) is 1. The largest absolute Gasteiger partial charge is 0.495 e. The zero-order valence-electron chi connectivity index (χ0n) is 12.2. The first kappa shape index (κ1) is 13.5. The minimum Gasteiger partial charge on any atom is -0.495 e. The first-order valence-electron chi connectivity index (χ1n) is 7.12. The molecule has 0 atom stereocenters. The molecule has 0 bridgehead atoms. The number of anilines is 3. The van der Waals surface area contributed by atoms with Crippen LogP contribution in [0.3, 0.4) is 0 Å². The molecule has 2 heterocycles.